The molecule has 19 heavy (non-hydrogen) atoms. The van der Waals surface area contributed by atoms with Crippen LogP contribution < -0.4 is 10.5 Å². The van der Waals surface area contributed by atoms with Gasteiger partial charge in [-0.15, -0.1) is 0 Å². The van der Waals surface area contributed by atoms with Crippen LogP contribution in [0.25, 0.3) is 0 Å². The van der Waals surface area contributed by atoms with Crippen LogP contribution in [0.1, 0.15) is 36.7 Å². The van der Waals surface area contributed by atoms with Gasteiger partial charge in [-0.05, 0) is 56.2 Å². The highest BCUT2D eigenvalue weighted by molar-refractivity contribution is 5.33. The van der Waals surface area contributed by atoms with Gasteiger partial charge in [-0.2, -0.15) is 0 Å². The number of nitrogens with zero attached hydrogens (tertiary/aromatic N) is 1. The summed E-state index contributed by atoms with van der Waals surface area (Å²) in [5, 5.41) is 0. The van der Waals surface area contributed by atoms with Crippen molar-refractivity contribution in [2.75, 3.05) is 0 Å². The lowest BCUT2D eigenvalue weighted by Gasteiger charge is -2.14. The van der Waals surface area contributed by atoms with Crippen molar-refractivity contribution >= 4 is 0 Å². The number of pyridine rings is 1. The molecule has 2 rings (SSSR count). The molecule has 1 aromatic heterocycles. The highest BCUT2D eigenvalue weighted by Gasteiger charge is 2.10. The molecule has 1 heterocycles. The summed E-state index contributed by atoms with van der Waals surface area (Å²) in [4.78, 5) is 4.33. The van der Waals surface area contributed by atoms with Crippen LogP contribution in [0.3, 0.4) is 0 Å². The first-order valence-corrected chi connectivity index (χ1v) is 6.51. The molecule has 0 amide bonds. The van der Waals surface area contributed by atoms with E-state index in [1.807, 2.05) is 57.2 Å². The van der Waals surface area contributed by atoms with E-state index in [-0.39, 0.29) is 12.1 Å². The number of aromatic nitrogens is 1. The molecule has 0 aliphatic rings. The Bertz CT molecular complexity index is 535. The molecule has 0 fully saturated rings. The Balaban J connectivity index is 2.17. The summed E-state index contributed by atoms with van der Waals surface area (Å²) in [6.45, 7) is 6.06. The van der Waals surface area contributed by atoms with Gasteiger partial charge in [0.1, 0.15) is 5.75 Å². The van der Waals surface area contributed by atoms with Crippen molar-refractivity contribution in [3.05, 3.63) is 59.4 Å². The fourth-order valence-corrected chi connectivity index (χ4v) is 1.93. The summed E-state index contributed by atoms with van der Waals surface area (Å²) < 4.78 is 5.62. The molecule has 1 unspecified atom stereocenters. The van der Waals surface area contributed by atoms with Crippen LogP contribution in [-0.2, 0) is 0 Å². The van der Waals surface area contributed by atoms with E-state index in [2.05, 4.69) is 4.98 Å². The predicted octanol–water partition coefficient (Wildman–Crippen LogP) is 3.23. The van der Waals surface area contributed by atoms with E-state index in [1.54, 1.807) is 6.20 Å². The van der Waals surface area contributed by atoms with Crippen LogP contribution in [0.2, 0.25) is 0 Å². The van der Waals surface area contributed by atoms with Gasteiger partial charge >= 0.3 is 0 Å². The first kappa shape index (κ1) is 13.6. The minimum absolute atomic E-state index is 0.179. The van der Waals surface area contributed by atoms with Gasteiger partial charge in [0.05, 0.1) is 17.8 Å². The molecular weight excluding hydrogens is 236 g/mol. The zero-order chi connectivity index (χ0) is 13.8. The molecule has 0 radical (unpaired) electrons. The standard InChI is InChI=1S/C16H20N2O/c1-11(2)19-14-6-4-13(5-7-14)16(17)15-10-12(3)8-9-18-15/h4-11,16H,17H2,1-3H3. The molecule has 3 nitrogen and oxygen atoms in total. The van der Waals surface area contributed by atoms with Crippen molar-refractivity contribution in [2.45, 2.75) is 32.9 Å². The van der Waals surface area contributed by atoms with Crippen LogP contribution in [0, 0.1) is 6.92 Å². The highest BCUT2D eigenvalue weighted by Crippen LogP contribution is 2.21. The third-order valence-electron chi connectivity index (χ3n) is 2.87. The van der Waals surface area contributed by atoms with Crippen LogP contribution in [0.4, 0.5) is 0 Å². The number of benzene rings is 1. The fourth-order valence-electron chi connectivity index (χ4n) is 1.93. The second kappa shape index (κ2) is 5.85. The molecule has 2 aromatic rings. The Kier molecular flexibility index (Phi) is 4.17. The average Bonchev–Trinajstić information content (AvgIpc) is 2.38. The molecule has 3 heteroatoms. The van der Waals surface area contributed by atoms with E-state index in [9.17, 15) is 0 Å². The topological polar surface area (TPSA) is 48.1 Å². The predicted molar refractivity (Wildman–Crippen MR) is 77.2 cm³/mol. The van der Waals surface area contributed by atoms with Crippen LogP contribution >= 0.6 is 0 Å². The smallest absolute Gasteiger partial charge is 0.119 e. The zero-order valence-corrected chi connectivity index (χ0v) is 11.6. The molecular formula is C16H20N2O. The minimum Gasteiger partial charge on any atom is -0.491 e. The molecule has 0 saturated carbocycles. The van der Waals surface area contributed by atoms with Gasteiger partial charge in [-0.3, -0.25) is 4.98 Å². The van der Waals surface area contributed by atoms with E-state index in [4.69, 9.17) is 10.5 Å². The SMILES string of the molecule is Cc1ccnc(C(N)c2ccc(OC(C)C)cc2)c1. The summed E-state index contributed by atoms with van der Waals surface area (Å²) in [6.07, 6.45) is 1.97. The summed E-state index contributed by atoms with van der Waals surface area (Å²) >= 11 is 0. The van der Waals surface area contributed by atoms with Crippen molar-refractivity contribution < 1.29 is 4.74 Å². The summed E-state index contributed by atoms with van der Waals surface area (Å²) in [7, 11) is 0. The zero-order valence-electron chi connectivity index (χ0n) is 11.6. The third-order valence-corrected chi connectivity index (χ3v) is 2.87. The van der Waals surface area contributed by atoms with Crippen LogP contribution in [0.5, 0.6) is 5.75 Å². The van der Waals surface area contributed by atoms with Crippen LogP contribution in [-0.4, -0.2) is 11.1 Å². The molecule has 100 valence electrons. The molecule has 1 aromatic carbocycles. The van der Waals surface area contributed by atoms with E-state index in [0.717, 1.165) is 17.0 Å². The second-order valence-corrected chi connectivity index (χ2v) is 4.97. The second-order valence-electron chi connectivity index (χ2n) is 4.97. The molecule has 0 bridgehead atoms. The molecule has 0 aliphatic heterocycles. The molecule has 0 aliphatic carbocycles. The Labute approximate surface area is 114 Å². The lowest BCUT2D eigenvalue weighted by Crippen LogP contribution is -2.13. The van der Waals surface area contributed by atoms with Crippen molar-refractivity contribution in [1.82, 2.24) is 4.98 Å². The van der Waals surface area contributed by atoms with E-state index in [1.165, 1.54) is 5.56 Å². The van der Waals surface area contributed by atoms with E-state index >= 15 is 0 Å². The Morgan fingerprint density at radius 1 is 1.11 bits per heavy atom. The maximum atomic E-state index is 6.23. The third kappa shape index (κ3) is 3.55. The summed E-state index contributed by atoms with van der Waals surface area (Å²) in [5.41, 5.74) is 9.32. The van der Waals surface area contributed by atoms with Crippen molar-refractivity contribution in [1.29, 1.82) is 0 Å². The quantitative estimate of drug-likeness (QED) is 0.913. The monoisotopic (exact) mass is 256 g/mol. The van der Waals surface area contributed by atoms with Crippen molar-refractivity contribution in [2.24, 2.45) is 5.73 Å². The highest BCUT2D eigenvalue weighted by atomic mass is 16.5. The van der Waals surface area contributed by atoms with Gasteiger partial charge in [0.25, 0.3) is 0 Å². The number of nitrogens with two attached hydrogens (primary N) is 1. The normalized spacial score (nSPS) is 12.5. The van der Waals surface area contributed by atoms with Gasteiger partial charge in [0.2, 0.25) is 0 Å². The first-order chi connectivity index (χ1) is 9.06. The van der Waals surface area contributed by atoms with E-state index in [0.29, 0.717) is 0 Å². The number of hydrogen-bond donors (Lipinski definition) is 1. The molecule has 2 N–H and O–H groups in total. The average molecular weight is 256 g/mol. The largest absolute Gasteiger partial charge is 0.491 e. The summed E-state index contributed by atoms with van der Waals surface area (Å²) in [5.74, 6) is 0.864. The fraction of sp³-hybridized carbons (Fsp3) is 0.312. The summed E-state index contributed by atoms with van der Waals surface area (Å²) in [6, 6.07) is 11.7. The van der Waals surface area contributed by atoms with Gasteiger partial charge in [0, 0.05) is 6.20 Å². The number of aryl methyl sites for hydroxylation is 1. The van der Waals surface area contributed by atoms with Gasteiger partial charge in [0.15, 0.2) is 0 Å². The number of hydrogen-bond acceptors (Lipinski definition) is 3. The van der Waals surface area contributed by atoms with Crippen molar-refractivity contribution in [3.63, 3.8) is 0 Å². The molecule has 1 atom stereocenters. The molecule has 0 spiro atoms. The maximum Gasteiger partial charge on any atom is 0.119 e. The Hall–Kier alpha value is -1.87. The lowest BCUT2D eigenvalue weighted by atomic mass is 10.0. The lowest BCUT2D eigenvalue weighted by molar-refractivity contribution is 0.242. The maximum absolute atomic E-state index is 6.23. The minimum atomic E-state index is -0.201. The molecule has 0 saturated heterocycles. The Morgan fingerprint density at radius 3 is 2.37 bits per heavy atom. The number of ether oxygens (including phenoxy) is 1. The van der Waals surface area contributed by atoms with Crippen molar-refractivity contribution in [3.8, 4) is 5.75 Å². The Morgan fingerprint density at radius 2 is 1.79 bits per heavy atom. The first-order valence-electron chi connectivity index (χ1n) is 6.51. The van der Waals surface area contributed by atoms with Gasteiger partial charge in [-0.1, -0.05) is 12.1 Å². The van der Waals surface area contributed by atoms with Crippen LogP contribution in [0.15, 0.2) is 42.6 Å². The van der Waals surface area contributed by atoms with Gasteiger partial charge < -0.3 is 10.5 Å². The van der Waals surface area contributed by atoms with Gasteiger partial charge in [-0.25, -0.2) is 0 Å². The van der Waals surface area contributed by atoms with E-state index < -0.39 is 0 Å². The number of rotatable bonds is 4.